The van der Waals surface area contributed by atoms with Crippen LogP contribution < -0.4 is 11.1 Å². The number of imidazole rings is 1. The van der Waals surface area contributed by atoms with Crippen LogP contribution in [0, 0.1) is 9.39 Å². The van der Waals surface area contributed by atoms with E-state index in [-0.39, 0.29) is 11.7 Å². The number of rotatable bonds is 3. The van der Waals surface area contributed by atoms with Crippen LogP contribution in [0.2, 0.25) is 0 Å². The second-order valence-electron chi connectivity index (χ2n) is 7.45. The van der Waals surface area contributed by atoms with Crippen molar-refractivity contribution in [2.75, 3.05) is 11.1 Å². The van der Waals surface area contributed by atoms with Gasteiger partial charge in [0.05, 0.1) is 11.3 Å². The first-order valence-electron chi connectivity index (χ1n) is 9.60. The van der Waals surface area contributed by atoms with E-state index in [1.807, 2.05) is 40.1 Å². The first kappa shape index (κ1) is 19.8. The number of anilines is 2. The summed E-state index contributed by atoms with van der Waals surface area (Å²) in [6.07, 6.45) is 5.97. The lowest BCUT2D eigenvalue weighted by Crippen LogP contribution is -2.33. The van der Waals surface area contributed by atoms with Gasteiger partial charge < -0.3 is 15.5 Å². The van der Waals surface area contributed by atoms with Crippen molar-refractivity contribution >= 4 is 45.8 Å². The number of nitrogens with zero attached hydrogens (tertiary/aromatic N) is 5. The third-order valence-electron chi connectivity index (χ3n) is 5.63. The zero-order valence-corrected chi connectivity index (χ0v) is 18.8. The minimum absolute atomic E-state index is 0.144. The Bertz CT molecular complexity index is 1390. The van der Waals surface area contributed by atoms with Gasteiger partial charge in [-0.25, -0.2) is 24.3 Å². The number of carbonyl (C=O) groups is 1. The van der Waals surface area contributed by atoms with E-state index in [1.165, 1.54) is 6.07 Å². The summed E-state index contributed by atoms with van der Waals surface area (Å²) in [5.74, 6) is -0.0000454. The van der Waals surface area contributed by atoms with Gasteiger partial charge in [-0.1, -0.05) is 13.0 Å². The highest BCUT2D eigenvalue weighted by molar-refractivity contribution is 14.1. The molecule has 3 N–H and O–H groups in total. The van der Waals surface area contributed by atoms with E-state index in [1.54, 1.807) is 31.5 Å². The Kier molecular flexibility index (Phi) is 4.43. The van der Waals surface area contributed by atoms with Gasteiger partial charge in [-0.3, -0.25) is 4.79 Å². The Morgan fingerprint density at radius 1 is 1.29 bits per heavy atom. The second kappa shape index (κ2) is 6.94. The van der Waals surface area contributed by atoms with Gasteiger partial charge in [0.2, 0.25) is 5.91 Å². The average Bonchev–Trinajstić information content (AvgIpc) is 3.32. The molecule has 0 bridgehead atoms. The van der Waals surface area contributed by atoms with Gasteiger partial charge in [0.25, 0.3) is 0 Å². The van der Waals surface area contributed by atoms with Crippen LogP contribution in [0.5, 0.6) is 0 Å². The maximum atomic E-state index is 14.2. The van der Waals surface area contributed by atoms with Crippen LogP contribution in [0.3, 0.4) is 0 Å². The number of halogens is 2. The van der Waals surface area contributed by atoms with E-state index >= 15 is 0 Å². The first-order chi connectivity index (χ1) is 14.8. The SMILES string of the molecule is CCc1nc(-c2nc(N)c3c(n2)NC(=O)C3(C)c2ccc(I)c(F)c2)cn2ccnc12. The minimum Gasteiger partial charge on any atom is -0.383 e. The summed E-state index contributed by atoms with van der Waals surface area (Å²) in [5.41, 5.74) is 8.12. The summed E-state index contributed by atoms with van der Waals surface area (Å²) in [6.45, 7) is 3.69. The zero-order valence-electron chi connectivity index (χ0n) is 16.6. The van der Waals surface area contributed by atoms with Crippen molar-refractivity contribution in [3.63, 3.8) is 0 Å². The fraction of sp³-hybridized carbons (Fsp3) is 0.190. The van der Waals surface area contributed by atoms with Gasteiger partial charge in [0.1, 0.15) is 28.6 Å². The van der Waals surface area contributed by atoms with Gasteiger partial charge in [-0.05, 0) is 53.6 Å². The number of nitrogens with one attached hydrogen (secondary N) is 1. The summed E-state index contributed by atoms with van der Waals surface area (Å²) in [5, 5.41) is 2.79. The Labute approximate surface area is 190 Å². The highest BCUT2D eigenvalue weighted by Gasteiger charge is 2.47. The lowest BCUT2D eigenvalue weighted by molar-refractivity contribution is -0.119. The maximum absolute atomic E-state index is 14.2. The molecular formula is C21H17FIN7O. The molecule has 4 heterocycles. The van der Waals surface area contributed by atoms with Gasteiger partial charge >= 0.3 is 0 Å². The lowest BCUT2D eigenvalue weighted by atomic mass is 9.78. The Balaban J connectivity index is 1.68. The Morgan fingerprint density at radius 3 is 2.84 bits per heavy atom. The first-order valence-corrected chi connectivity index (χ1v) is 10.7. The summed E-state index contributed by atoms with van der Waals surface area (Å²) < 4.78 is 16.6. The molecule has 1 unspecified atom stereocenters. The Morgan fingerprint density at radius 2 is 2.10 bits per heavy atom. The zero-order chi connectivity index (χ0) is 21.9. The van der Waals surface area contributed by atoms with Gasteiger partial charge in [-0.15, -0.1) is 0 Å². The van der Waals surface area contributed by atoms with Crippen molar-refractivity contribution < 1.29 is 9.18 Å². The summed E-state index contributed by atoms with van der Waals surface area (Å²) in [6, 6.07) is 4.70. The van der Waals surface area contributed by atoms with Crippen molar-refractivity contribution in [2.45, 2.75) is 25.7 Å². The third-order valence-corrected chi connectivity index (χ3v) is 6.50. The molecule has 0 fully saturated rings. The molecule has 0 saturated heterocycles. The number of carbonyl (C=O) groups excluding carboxylic acids is 1. The van der Waals surface area contributed by atoms with Crippen LogP contribution in [0.1, 0.15) is 30.7 Å². The number of aromatic nitrogens is 5. The molecule has 0 spiro atoms. The number of aryl methyl sites for hydroxylation is 1. The number of nitrogen functional groups attached to an aromatic ring is 1. The third kappa shape index (κ3) is 2.88. The largest absolute Gasteiger partial charge is 0.383 e. The molecule has 8 nitrogen and oxygen atoms in total. The highest BCUT2D eigenvalue weighted by Crippen LogP contribution is 2.45. The molecule has 1 aliphatic heterocycles. The summed E-state index contributed by atoms with van der Waals surface area (Å²) in [4.78, 5) is 31.0. The van der Waals surface area contributed by atoms with Crippen LogP contribution in [0.15, 0.2) is 36.8 Å². The highest BCUT2D eigenvalue weighted by atomic mass is 127. The predicted octanol–water partition coefficient (Wildman–Crippen LogP) is 3.33. The molecule has 1 aliphatic rings. The average molecular weight is 529 g/mol. The van der Waals surface area contributed by atoms with Gasteiger partial charge in [0.15, 0.2) is 11.5 Å². The molecule has 1 aromatic carbocycles. The van der Waals surface area contributed by atoms with Crippen molar-refractivity contribution in [1.29, 1.82) is 0 Å². The smallest absolute Gasteiger partial charge is 0.240 e. The molecule has 156 valence electrons. The standard InChI is InChI=1S/C21H17FIN7O/c1-3-13-19-25-6-7-30(19)9-14(26-13)17-27-16(24)15-18(28-17)29-20(31)21(15,2)10-4-5-12(23)11(22)8-10/h4-9H,3H2,1-2H3,(H3,24,27,28,29,31). The van der Waals surface area contributed by atoms with E-state index < -0.39 is 11.2 Å². The molecule has 1 amide bonds. The van der Waals surface area contributed by atoms with Crippen molar-refractivity contribution in [2.24, 2.45) is 0 Å². The summed E-state index contributed by atoms with van der Waals surface area (Å²) in [7, 11) is 0. The van der Waals surface area contributed by atoms with Crippen molar-refractivity contribution in [3.05, 3.63) is 63.0 Å². The molecule has 0 aliphatic carbocycles. The molecule has 31 heavy (non-hydrogen) atoms. The van der Waals surface area contributed by atoms with Gasteiger partial charge in [-0.2, -0.15) is 0 Å². The van der Waals surface area contributed by atoms with Crippen LogP contribution >= 0.6 is 22.6 Å². The predicted molar refractivity (Wildman–Crippen MR) is 122 cm³/mol. The van der Waals surface area contributed by atoms with Crippen molar-refractivity contribution in [3.8, 4) is 11.5 Å². The molecule has 5 rings (SSSR count). The van der Waals surface area contributed by atoms with E-state index in [4.69, 9.17) is 5.73 Å². The molecule has 3 aromatic heterocycles. The van der Waals surface area contributed by atoms with E-state index in [0.717, 1.165) is 11.3 Å². The minimum atomic E-state index is -1.21. The quantitative estimate of drug-likeness (QED) is 0.394. The molecule has 0 saturated carbocycles. The number of hydrogen-bond acceptors (Lipinski definition) is 6. The lowest BCUT2D eigenvalue weighted by Gasteiger charge is -2.23. The molecule has 4 aromatic rings. The maximum Gasteiger partial charge on any atom is 0.240 e. The summed E-state index contributed by atoms with van der Waals surface area (Å²) >= 11 is 1.90. The number of benzene rings is 1. The number of nitrogens with two attached hydrogens (primary N) is 1. The topological polar surface area (TPSA) is 111 Å². The number of fused-ring (bicyclic) bond motifs is 2. The van der Waals surface area contributed by atoms with E-state index in [2.05, 4.69) is 25.3 Å². The monoisotopic (exact) mass is 529 g/mol. The molecular weight excluding hydrogens is 512 g/mol. The fourth-order valence-corrected chi connectivity index (χ4v) is 4.28. The van der Waals surface area contributed by atoms with Crippen LogP contribution in [0.25, 0.3) is 17.2 Å². The van der Waals surface area contributed by atoms with Crippen LogP contribution in [-0.2, 0) is 16.6 Å². The normalized spacial score (nSPS) is 17.7. The molecule has 10 heteroatoms. The van der Waals surface area contributed by atoms with Crippen LogP contribution in [0.4, 0.5) is 16.0 Å². The van der Waals surface area contributed by atoms with E-state index in [9.17, 15) is 9.18 Å². The number of amides is 1. The molecule has 1 atom stereocenters. The Hall–Kier alpha value is -3.15. The fourth-order valence-electron chi connectivity index (χ4n) is 3.95. The second-order valence-corrected chi connectivity index (χ2v) is 8.61. The van der Waals surface area contributed by atoms with E-state index in [0.29, 0.717) is 38.5 Å². The number of hydrogen-bond donors (Lipinski definition) is 2. The van der Waals surface area contributed by atoms with Gasteiger partial charge in [0, 0.05) is 22.2 Å². The molecule has 0 radical (unpaired) electrons. The van der Waals surface area contributed by atoms with Crippen LogP contribution in [-0.4, -0.2) is 30.2 Å². The van der Waals surface area contributed by atoms with Crippen molar-refractivity contribution in [1.82, 2.24) is 24.3 Å².